The van der Waals surface area contributed by atoms with Crippen LogP contribution < -0.4 is 10.3 Å². The number of ether oxygens (including phenoxy) is 1. The Kier molecular flexibility index (Phi) is 6.68. The van der Waals surface area contributed by atoms with Crippen LogP contribution in [0, 0.1) is 18.6 Å². The minimum Gasteiger partial charge on any atom is -0.450 e. The number of carbonyl (C=O) groups is 1. The topological polar surface area (TPSA) is 61.2 Å². The predicted octanol–water partition coefficient (Wildman–Crippen LogP) is 5.15. The summed E-state index contributed by atoms with van der Waals surface area (Å²) in [6.45, 7) is 1.44. The lowest BCUT2D eigenvalue weighted by atomic mass is 10.1. The lowest BCUT2D eigenvalue weighted by Crippen LogP contribution is -2.23. The summed E-state index contributed by atoms with van der Waals surface area (Å²) < 4.78 is 71.5. The van der Waals surface area contributed by atoms with E-state index in [0.29, 0.717) is 0 Å². The molecule has 0 atom stereocenters. The SMILES string of the molecule is Cc1nc(SCC(=O)c2ccc(F)c(F)c2)n(C)c(=O)c1Oc1cccc(C(F)(F)F)c1. The maximum Gasteiger partial charge on any atom is 0.416 e. The summed E-state index contributed by atoms with van der Waals surface area (Å²) in [7, 11) is 1.36. The van der Waals surface area contributed by atoms with Crippen molar-refractivity contribution in [3.63, 3.8) is 0 Å². The first-order valence-corrected chi connectivity index (χ1v) is 9.99. The number of thioether (sulfide) groups is 1. The van der Waals surface area contributed by atoms with Crippen LogP contribution in [0.2, 0.25) is 0 Å². The van der Waals surface area contributed by atoms with Gasteiger partial charge in [0.15, 0.2) is 22.6 Å². The van der Waals surface area contributed by atoms with E-state index in [1.165, 1.54) is 20.0 Å². The molecule has 0 aliphatic heterocycles. The highest BCUT2D eigenvalue weighted by Crippen LogP contribution is 2.32. The van der Waals surface area contributed by atoms with Gasteiger partial charge in [0.25, 0.3) is 5.56 Å². The van der Waals surface area contributed by atoms with Gasteiger partial charge in [0.1, 0.15) is 5.75 Å². The Bertz CT molecular complexity index is 1240. The first-order chi connectivity index (χ1) is 15.0. The average molecular weight is 470 g/mol. The number of aromatic nitrogens is 2. The van der Waals surface area contributed by atoms with Gasteiger partial charge in [-0.3, -0.25) is 14.2 Å². The molecular weight excluding hydrogens is 455 g/mol. The van der Waals surface area contributed by atoms with Crippen LogP contribution in [-0.4, -0.2) is 21.1 Å². The van der Waals surface area contributed by atoms with Crippen molar-refractivity contribution in [2.24, 2.45) is 7.05 Å². The summed E-state index contributed by atoms with van der Waals surface area (Å²) in [6, 6.07) is 6.83. The molecular formula is C21H15F5N2O3S. The highest BCUT2D eigenvalue weighted by Gasteiger charge is 2.30. The van der Waals surface area contributed by atoms with Crippen molar-refractivity contribution >= 4 is 17.5 Å². The second-order valence-corrected chi connectivity index (χ2v) is 7.58. The summed E-state index contributed by atoms with van der Waals surface area (Å²) in [5.41, 5.74) is -1.53. The van der Waals surface area contributed by atoms with Crippen molar-refractivity contribution in [1.82, 2.24) is 9.55 Å². The zero-order valence-corrected chi connectivity index (χ0v) is 17.5. The number of ketones is 1. The molecule has 5 nitrogen and oxygen atoms in total. The maximum absolute atomic E-state index is 13.3. The second-order valence-electron chi connectivity index (χ2n) is 6.64. The minimum atomic E-state index is -4.57. The maximum atomic E-state index is 13.3. The van der Waals surface area contributed by atoms with Gasteiger partial charge < -0.3 is 4.74 Å². The van der Waals surface area contributed by atoms with E-state index in [4.69, 9.17) is 4.74 Å². The van der Waals surface area contributed by atoms with Crippen LogP contribution in [-0.2, 0) is 13.2 Å². The second kappa shape index (κ2) is 9.11. The highest BCUT2D eigenvalue weighted by atomic mass is 32.2. The molecule has 0 fully saturated rings. The van der Waals surface area contributed by atoms with Gasteiger partial charge in [0.2, 0.25) is 5.75 Å². The molecule has 0 saturated heterocycles. The molecule has 0 unspecified atom stereocenters. The largest absolute Gasteiger partial charge is 0.450 e. The van der Waals surface area contributed by atoms with E-state index < -0.39 is 34.7 Å². The van der Waals surface area contributed by atoms with Gasteiger partial charge >= 0.3 is 6.18 Å². The molecule has 0 saturated carbocycles. The van der Waals surface area contributed by atoms with E-state index in [1.807, 2.05) is 0 Å². The van der Waals surface area contributed by atoms with Crippen LogP contribution in [0.25, 0.3) is 0 Å². The van der Waals surface area contributed by atoms with Crippen molar-refractivity contribution in [2.45, 2.75) is 18.3 Å². The highest BCUT2D eigenvalue weighted by molar-refractivity contribution is 7.99. The monoisotopic (exact) mass is 470 g/mol. The molecule has 0 radical (unpaired) electrons. The quantitative estimate of drug-likeness (QED) is 0.216. The van der Waals surface area contributed by atoms with E-state index in [9.17, 15) is 31.5 Å². The fourth-order valence-corrected chi connectivity index (χ4v) is 3.55. The Hall–Kier alpha value is -3.21. The number of benzene rings is 2. The van der Waals surface area contributed by atoms with Crippen LogP contribution in [0.15, 0.2) is 52.4 Å². The molecule has 0 aliphatic rings. The molecule has 1 aromatic heterocycles. The van der Waals surface area contributed by atoms with E-state index in [2.05, 4.69) is 4.98 Å². The summed E-state index contributed by atoms with van der Waals surface area (Å²) >= 11 is 0.891. The van der Waals surface area contributed by atoms with Crippen LogP contribution in [0.4, 0.5) is 22.0 Å². The zero-order valence-electron chi connectivity index (χ0n) is 16.7. The van der Waals surface area contributed by atoms with E-state index >= 15 is 0 Å². The number of halogens is 5. The minimum absolute atomic E-state index is 0.0392. The third-order valence-corrected chi connectivity index (χ3v) is 5.36. The molecule has 0 amide bonds. The third kappa shape index (κ3) is 5.16. The van der Waals surface area contributed by atoms with Crippen LogP contribution in [0.1, 0.15) is 21.6 Å². The predicted molar refractivity (Wildman–Crippen MR) is 107 cm³/mol. The molecule has 168 valence electrons. The van der Waals surface area contributed by atoms with Crippen molar-refractivity contribution in [2.75, 3.05) is 5.75 Å². The Morgan fingerprint density at radius 1 is 1.12 bits per heavy atom. The molecule has 3 rings (SSSR count). The molecule has 3 aromatic rings. The third-order valence-electron chi connectivity index (χ3n) is 4.33. The fraction of sp³-hybridized carbons (Fsp3) is 0.190. The van der Waals surface area contributed by atoms with Crippen LogP contribution in [0.3, 0.4) is 0 Å². The van der Waals surface area contributed by atoms with Gasteiger partial charge in [-0.05, 0) is 43.3 Å². The first-order valence-electron chi connectivity index (χ1n) is 9.01. The number of nitrogens with zero attached hydrogens (tertiary/aromatic N) is 2. The normalized spacial score (nSPS) is 11.5. The van der Waals surface area contributed by atoms with Gasteiger partial charge in [-0.15, -0.1) is 0 Å². The Morgan fingerprint density at radius 2 is 1.84 bits per heavy atom. The molecule has 1 heterocycles. The van der Waals surface area contributed by atoms with Crippen molar-refractivity contribution in [3.8, 4) is 11.5 Å². The molecule has 0 spiro atoms. The van der Waals surface area contributed by atoms with Gasteiger partial charge in [0.05, 0.1) is 17.0 Å². The van der Waals surface area contributed by atoms with Crippen LogP contribution in [0.5, 0.6) is 11.5 Å². The van der Waals surface area contributed by atoms with Crippen molar-refractivity contribution in [3.05, 3.63) is 81.3 Å². The van der Waals surface area contributed by atoms with Gasteiger partial charge in [0, 0.05) is 12.6 Å². The standard InChI is InChI=1S/C21H15F5N2O3S/c1-11-18(31-14-5-3-4-13(9-14)21(24,25)26)19(30)28(2)20(27-11)32-10-17(29)12-6-7-15(22)16(23)8-12/h3-9H,10H2,1-2H3. The number of carbonyl (C=O) groups excluding carboxylic acids is 1. The average Bonchev–Trinajstić information content (AvgIpc) is 2.74. The van der Waals surface area contributed by atoms with Crippen molar-refractivity contribution < 1.29 is 31.5 Å². The molecule has 0 aliphatic carbocycles. The summed E-state index contributed by atoms with van der Waals surface area (Å²) in [5, 5.41) is 0.139. The smallest absolute Gasteiger partial charge is 0.416 e. The molecule has 0 N–H and O–H groups in total. The van der Waals surface area contributed by atoms with Crippen LogP contribution >= 0.6 is 11.8 Å². The molecule has 11 heteroatoms. The van der Waals surface area contributed by atoms with E-state index in [0.717, 1.165) is 52.7 Å². The van der Waals surface area contributed by atoms with E-state index in [1.54, 1.807) is 0 Å². The number of hydrogen-bond acceptors (Lipinski definition) is 5. The molecule has 32 heavy (non-hydrogen) atoms. The van der Waals surface area contributed by atoms with Gasteiger partial charge in [-0.25, -0.2) is 13.8 Å². The van der Waals surface area contributed by atoms with E-state index in [-0.39, 0.29) is 33.7 Å². The van der Waals surface area contributed by atoms with Gasteiger partial charge in [-0.1, -0.05) is 17.8 Å². The van der Waals surface area contributed by atoms with Crippen molar-refractivity contribution in [1.29, 1.82) is 0 Å². The first kappa shape index (κ1) is 23.5. The Morgan fingerprint density at radius 3 is 2.50 bits per heavy atom. The fourth-order valence-electron chi connectivity index (χ4n) is 2.65. The Labute approximate surface area is 182 Å². The number of rotatable bonds is 6. The Balaban J connectivity index is 1.81. The lowest BCUT2D eigenvalue weighted by molar-refractivity contribution is -0.137. The molecule has 2 aromatic carbocycles. The van der Waals surface area contributed by atoms with Gasteiger partial charge in [-0.2, -0.15) is 13.2 Å². The zero-order chi connectivity index (χ0) is 23.6. The lowest BCUT2D eigenvalue weighted by Gasteiger charge is -2.13. The number of Topliss-reactive ketones (excluding diaryl/α,β-unsaturated/α-hetero) is 1. The molecule has 0 bridgehead atoms. The summed E-state index contributed by atoms with van der Waals surface area (Å²) in [4.78, 5) is 29.1. The number of hydrogen-bond donors (Lipinski definition) is 0. The number of aryl methyl sites for hydroxylation is 1. The summed E-state index contributed by atoms with van der Waals surface area (Å²) in [6.07, 6.45) is -4.57. The number of alkyl halides is 3. The summed E-state index contributed by atoms with van der Waals surface area (Å²) in [5.74, 6) is -3.40.